The molecule has 1 saturated carbocycles. The average Bonchev–Trinajstić information content (AvgIpc) is 3.36. The number of ether oxygens (including phenoxy) is 1. The molecule has 3 N–H and O–H groups in total. The molecule has 4 rings (SSSR count). The Morgan fingerprint density at radius 2 is 2.12 bits per heavy atom. The van der Waals surface area contributed by atoms with Crippen LogP contribution >= 0.6 is 11.6 Å². The highest BCUT2D eigenvalue weighted by Crippen LogP contribution is 2.37. The van der Waals surface area contributed by atoms with Crippen molar-refractivity contribution in [2.45, 2.75) is 44.6 Å². The van der Waals surface area contributed by atoms with Crippen LogP contribution in [0.25, 0.3) is 11.0 Å². The van der Waals surface area contributed by atoms with Gasteiger partial charge in [-0.05, 0) is 37.3 Å². The van der Waals surface area contributed by atoms with Gasteiger partial charge < -0.3 is 20.4 Å². The number of halogens is 1. The first-order valence-corrected chi connectivity index (χ1v) is 11.5. The third-order valence-electron chi connectivity index (χ3n) is 6.31. The van der Waals surface area contributed by atoms with Gasteiger partial charge in [-0.15, -0.1) is 0 Å². The number of benzene rings is 1. The zero-order valence-electron chi connectivity index (χ0n) is 18.3. The molecule has 1 aliphatic carbocycles. The van der Waals surface area contributed by atoms with Crippen LogP contribution in [0.2, 0.25) is 5.02 Å². The minimum Gasteiger partial charge on any atom is -0.495 e. The molecule has 0 radical (unpaired) electrons. The summed E-state index contributed by atoms with van der Waals surface area (Å²) in [4.78, 5) is 45.2. The van der Waals surface area contributed by atoms with Gasteiger partial charge in [-0.2, -0.15) is 5.26 Å². The number of Topliss-reactive ketones (excluding diaryl/α,β-unsaturated/α-hetero) is 1. The summed E-state index contributed by atoms with van der Waals surface area (Å²) in [7, 11) is 1.50. The number of nitriles is 1. The number of H-pyrrole nitrogens is 1. The van der Waals surface area contributed by atoms with Crippen molar-refractivity contribution in [3.63, 3.8) is 0 Å². The summed E-state index contributed by atoms with van der Waals surface area (Å²) in [6.07, 6.45) is 3.52. The van der Waals surface area contributed by atoms with E-state index in [1.165, 1.54) is 7.11 Å². The van der Waals surface area contributed by atoms with Gasteiger partial charge in [0.15, 0.2) is 11.6 Å². The lowest BCUT2D eigenvalue weighted by Gasteiger charge is -2.19. The molecule has 9 nitrogen and oxygen atoms in total. The summed E-state index contributed by atoms with van der Waals surface area (Å²) in [5.41, 5.74) is 1.04. The molecule has 0 bridgehead atoms. The number of rotatable bonds is 10. The van der Waals surface area contributed by atoms with E-state index in [1.54, 1.807) is 12.1 Å². The first-order valence-electron chi connectivity index (χ1n) is 11.1. The lowest BCUT2D eigenvalue weighted by Crippen LogP contribution is -2.40. The van der Waals surface area contributed by atoms with Crippen molar-refractivity contribution >= 4 is 40.2 Å². The quantitative estimate of drug-likeness (QED) is 0.455. The smallest absolute Gasteiger partial charge is 0.224 e. The highest BCUT2D eigenvalue weighted by molar-refractivity contribution is 6.36. The second-order valence-electron chi connectivity index (χ2n) is 8.77. The lowest BCUT2D eigenvalue weighted by molar-refractivity contribution is -0.127. The Hall–Kier alpha value is -3.12. The highest BCUT2D eigenvalue weighted by atomic mass is 35.5. The predicted octanol–water partition coefficient (Wildman–Crippen LogP) is 2.75. The van der Waals surface area contributed by atoms with Gasteiger partial charge in [-0.3, -0.25) is 14.4 Å². The fourth-order valence-corrected chi connectivity index (χ4v) is 4.54. The largest absolute Gasteiger partial charge is 0.495 e. The second-order valence-corrected chi connectivity index (χ2v) is 9.15. The number of nitrogens with one attached hydrogen (secondary N) is 3. The van der Waals surface area contributed by atoms with Crippen LogP contribution in [0, 0.1) is 29.1 Å². The van der Waals surface area contributed by atoms with Crippen molar-refractivity contribution in [2.75, 3.05) is 13.7 Å². The number of fused-ring (bicyclic) bond motifs is 1. The fraction of sp³-hybridized carbons (Fsp3) is 0.522. The molecule has 0 unspecified atom stereocenters. The van der Waals surface area contributed by atoms with Crippen LogP contribution in [-0.2, 0) is 9.59 Å². The SMILES string of the molecule is COc1ccc2[nH]c(C(=O)C[C@@H](CC3CC3)C(=O)N[C@H](C#N)C[C@@H]3CCNC3=O)nc2c1Cl. The Labute approximate surface area is 196 Å². The molecule has 10 heteroatoms. The molecule has 1 saturated heterocycles. The molecular weight excluding hydrogens is 446 g/mol. The standard InChI is InChI=1S/C23H26ClN5O4/c1-33-18-5-4-16-20(19(18)24)29-21(28-16)17(30)10-14(8-12-2-3-12)23(32)27-15(11-25)9-13-6-7-26-22(13)31/h4-5,12-15H,2-3,6-10H2,1H3,(H,26,31)(H,27,32)(H,28,29)/t13-,14+,15-/m0/s1. The summed E-state index contributed by atoms with van der Waals surface area (Å²) in [6.45, 7) is 0.585. The molecule has 0 spiro atoms. The minimum absolute atomic E-state index is 0.0288. The van der Waals surface area contributed by atoms with E-state index in [4.69, 9.17) is 16.3 Å². The van der Waals surface area contributed by atoms with Gasteiger partial charge in [0.05, 0.1) is 18.7 Å². The zero-order valence-corrected chi connectivity index (χ0v) is 19.1. The molecule has 3 atom stereocenters. The van der Waals surface area contributed by atoms with Gasteiger partial charge in [-0.1, -0.05) is 24.4 Å². The second kappa shape index (κ2) is 9.79. The maximum Gasteiger partial charge on any atom is 0.224 e. The molecule has 2 fully saturated rings. The number of carbonyl (C=O) groups excluding carboxylic acids is 3. The van der Waals surface area contributed by atoms with Crippen molar-refractivity contribution in [2.24, 2.45) is 17.8 Å². The van der Waals surface area contributed by atoms with E-state index in [2.05, 4.69) is 26.7 Å². The molecule has 1 aromatic carbocycles. The van der Waals surface area contributed by atoms with Crippen LogP contribution in [-0.4, -0.2) is 47.3 Å². The van der Waals surface area contributed by atoms with E-state index in [1.807, 2.05) is 0 Å². The predicted molar refractivity (Wildman–Crippen MR) is 121 cm³/mol. The summed E-state index contributed by atoms with van der Waals surface area (Å²) in [5.74, 6) is -0.584. The number of aromatic nitrogens is 2. The summed E-state index contributed by atoms with van der Waals surface area (Å²) >= 11 is 6.30. The molecular formula is C23H26ClN5O4. The van der Waals surface area contributed by atoms with Crippen LogP contribution in [0.1, 0.15) is 49.1 Å². The molecule has 1 aromatic heterocycles. The number of aromatic amines is 1. The van der Waals surface area contributed by atoms with E-state index in [0.29, 0.717) is 47.1 Å². The van der Waals surface area contributed by atoms with Gasteiger partial charge in [-0.25, -0.2) is 4.98 Å². The fourth-order valence-electron chi connectivity index (χ4n) is 4.26. The first-order chi connectivity index (χ1) is 15.9. The number of nitrogens with zero attached hydrogens (tertiary/aromatic N) is 2. The molecule has 2 aliphatic rings. The van der Waals surface area contributed by atoms with Gasteiger partial charge >= 0.3 is 0 Å². The topological polar surface area (TPSA) is 137 Å². The summed E-state index contributed by atoms with van der Waals surface area (Å²) in [6, 6.07) is 4.72. The minimum atomic E-state index is -0.777. The van der Waals surface area contributed by atoms with Crippen molar-refractivity contribution < 1.29 is 19.1 Å². The number of amides is 2. The van der Waals surface area contributed by atoms with E-state index < -0.39 is 12.0 Å². The van der Waals surface area contributed by atoms with Crippen LogP contribution in [0.4, 0.5) is 0 Å². The van der Waals surface area contributed by atoms with Crippen LogP contribution < -0.4 is 15.4 Å². The van der Waals surface area contributed by atoms with Gasteiger partial charge in [0.2, 0.25) is 11.8 Å². The number of methoxy groups -OCH3 is 1. The Morgan fingerprint density at radius 3 is 2.76 bits per heavy atom. The van der Waals surface area contributed by atoms with E-state index in [-0.39, 0.29) is 42.2 Å². The number of imidazole rings is 1. The van der Waals surface area contributed by atoms with E-state index in [0.717, 1.165) is 12.8 Å². The normalized spacial score (nSPS) is 19.5. The van der Waals surface area contributed by atoms with Gasteiger partial charge in [0.1, 0.15) is 22.3 Å². The van der Waals surface area contributed by atoms with Crippen molar-refractivity contribution in [3.8, 4) is 11.8 Å². The van der Waals surface area contributed by atoms with Crippen molar-refractivity contribution in [3.05, 3.63) is 23.0 Å². The Balaban J connectivity index is 1.45. The third-order valence-corrected chi connectivity index (χ3v) is 6.68. The Kier molecular flexibility index (Phi) is 6.84. The molecule has 1 aliphatic heterocycles. The highest BCUT2D eigenvalue weighted by Gasteiger charge is 2.34. The number of ketones is 1. The monoisotopic (exact) mass is 471 g/mol. The Morgan fingerprint density at radius 1 is 1.33 bits per heavy atom. The Bertz CT molecular complexity index is 1120. The molecule has 2 amide bonds. The number of hydrogen-bond donors (Lipinski definition) is 3. The summed E-state index contributed by atoms with van der Waals surface area (Å²) < 4.78 is 5.20. The van der Waals surface area contributed by atoms with Crippen molar-refractivity contribution in [1.29, 1.82) is 5.26 Å². The molecule has 174 valence electrons. The van der Waals surface area contributed by atoms with Crippen LogP contribution in [0.15, 0.2) is 12.1 Å². The van der Waals surface area contributed by atoms with Crippen molar-refractivity contribution in [1.82, 2.24) is 20.6 Å². The number of carbonyl (C=O) groups is 3. The van der Waals surface area contributed by atoms with Crippen LogP contribution in [0.5, 0.6) is 5.75 Å². The zero-order chi connectivity index (χ0) is 23.5. The van der Waals surface area contributed by atoms with E-state index in [9.17, 15) is 19.6 Å². The molecule has 2 aromatic rings. The summed E-state index contributed by atoms with van der Waals surface area (Å²) in [5, 5.41) is 15.3. The lowest BCUT2D eigenvalue weighted by atomic mass is 9.93. The van der Waals surface area contributed by atoms with Gasteiger partial charge in [0.25, 0.3) is 0 Å². The van der Waals surface area contributed by atoms with Crippen LogP contribution in [0.3, 0.4) is 0 Å². The third kappa shape index (κ3) is 5.28. The van der Waals surface area contributed by atoms with E-state index >= 15 is 0 Å². The maximum absolute atomic E-state index is 13.0. The maximum atomic E-state index is 13.0. The molecule has 2 heterocycles. The first kappa shape index (κ1) is 23.1. The van der Waals surface area contributed by atoms with Gasteiger partial charge in [0, 0.05) is 24.8 Å². The number of hydrogen-bond acceptors (Lipinski definition) is 6. The molecule has 33 heavy (non-hydrogen) atoms. The average molecular weight is 472 g/mol.